The Labute approximate surface area is 178 Å². The number of hydrogen-bond donors (Lipinski definition) is 0. The van der Waals surface area contributed by atoms with Crippen LogP contribution >= 0.6 is 23.4 Å². The van der Waals surface area contributed by atoms with Gasteiger partial charge in [0.1, 0.15) is 12.4 Å². The Morgan fingerprint density at radius 2 is 1.93 bits per heavy atom. The summed E-state index contributed by atoms with van der Waals surface area (Å²) in [4.78, 5) is 25.5. The topological polar surface area (TPSA) is 55.8 Å². The van der Waals surface area contributed by atoms with Crippen LogP contribution in [-0.2, 0) is 17.8 Å². The molecule has 0 N–H and O–H groups in total. The fraction of sp³-hybridized carbons (Fsp3) is 0.333. The van der Waals surface area contributed by atoms with Crippen LogP contribution in [0, 0.1) is 5.82 Å². The first kappa shape index (κ1) is 21.5. The van der Waals surface area contributed by atoms with E-state index < -0.39 is 5.25 Å². The molecule has 29 heavy (non-hydrogen) atoms. The molecule has 0 spiro atoms. The second-order valence-corrected chi connectivity index (χ2v) is 7.94. The Balaban J connectivity index is 1.80. The first-order valence-electron chi connectivity index (χ1n) is 9.28. The highest BCUT2D eigenvalue weighted by Gasteiger charge is 2.38. The van der Waals surface area contributed by atoms with Crippen LogP contribution in [0.25, 0.3) is 0 Å². The number of benzene rings is 2. The van der Waals surface area contributed by atoms with Gasteiger partial charge in [0, 0.05) is 12.1 Å². The molecule has 1 saturated heterocycles. The number of hydrogen-bond acceptors (Lipinski definition) is 5. The maximum Gasteiger partial charge on any atom is 0.289 e. The lowest BCUT2D eigenvalue weighted by atomic mass is 10.1. The largest absolute Gasteiger partial charge is 0.490 e. The zero-order valence-electron chi connectivity index (χ0n) is 16.1. The van der Waals surface area contributed by atoms with Crippen LogP contribution in [0.15, 0.2) is 36.4 Å². The van der Waals surface area contributed by atoms with Crippen molar-refractivity contribution in [1.29, 1.82) is 0 Å². The Morgan fingerprint density at radius 1 is 1.17 bits per heavy atom. The number of thioether (sulfide) groups is 1. The third-order valence-electron chi connectivity index (χ3n) is 4.44. The van der Waals surface area contributed by atoms with Crippen molar-refractivity contribution in [3.63, 3.8) is 0 Å². The fourth-order valence-electron chi connectivity index (χ4n) is 3.04. The molecule has 2 amide bonds. The normalized spacial score (nSPS) is 16.4. The molecule has 1 aliphatic rings. The number of rotatable bonds is 8. The van der Waals surface area contributed by atoms with Gasteiger partial charge in [-0.3, -0.25) is 14.5 Å². The highest BCUT2D eigenvalue weighted by molar-refractivity contribution is 8.15. The summed E-state index contributed by atoms with van der Waals surface area (Å²) in [6.45, 7) is 4.34. The van der Waals surface area contributed by atoms with Crippen molar-refractivity contribution in [3.8, 4) is 11.5 Å². The number of nitrogens with zero attached hydrogens (tertiary/aromatic N) is 1. The lowest BCUT2D eigenvalue weighted by Gasteiger charge is -2.16. The molecule has 2 aromatic rings. The third kappa shape index (κ3) is 4.85. The van der Waals surface area contributed by atoms with Gasteiger partial charge in [0.2, 0.25) is 5.91 Å². The standard InChI is InChI=1S/C21H21ClFNO4S/c1-3-24-20(25)18(29-21(24)26)11-13-9-15(22)19(17(10-13)27-4-2)28-12-14-7-5-6-8-16(14)23/h5-10,18H,3-4,11-12H2,1-2H3/t18-/m0/s1. The van der Waals surface area contributed by atoms with Crippen LogP contribution in [0.3, 0.4) is 0 Å². The molecule has 1 aliphatic heterocycles. The third-order valence-corrected chi connectivity index (χ3v) is 5.80. The van der Waals surface area contributed by atoms with E-state index in [1.165, 1.54) is 11.0 Å². The Kier molecular flexibility index (Phi) is 7.03. The van der Waals surface area contributed by atoms with Crippen LogP contribution in [0.2, 0.25) is 5.02 Å². The van der Waals surface area contributed by atoms with E-state index in [0.29, 0.717) is 41.7 Å². The van der Waals surface area contributed by atoms with Gasteiger partial charge in [-0.15, -0.1) is 0 Å². The van der Waals surface area contributed by atoms with Crippen LogP contribution in [0.4, 0.5) is 9.18 Å². The van der Waals surface area contributed by atoms with Gasteiger partial charge in [0.05, 0.1) is 16.9 Å². The van der Waals surface area contributed by atoms with E-state index in [0.717, 1.165) is 17.3 Å². The predicted octanol–water partition coefficient (Wildman–Crippen LogP) is 5.08. The molecule has 0 unspecified atom stereocenters. The van der Waals surface area contributed by atoms with Crippen molar-refractivity contribution in [2.24, 2.45) is 0 Å². The summed E-state index contributed by atoms with van der Waals surface area (Å²) in [6.07, 6.45) is 0.346. The molecule has 1 atom stereocenters. The second-order valence-electron chi connectivity index (χ2n) is 6.38. The molecule has 3 rings (SSSR count). The van der Waals surface area contributed by atoms with Crippen molar-refractivity contribution < 1.29 is 23.5 Å². The number of halogens is 2. The predicted molar refractivity (Wildman–Crippen MR) is 111 cm³/mol. The van der Waals surface area contributed by atoms with Crippen LogP contribution in [-0.4, -0.2) is 34.4 Å². The van der Waals surface area contributed by atoms with Crippen molar-refractivity contribution in [3.05, 3.63) is 58.4 Å². The number of imide groups is 1. The minimum atomic E-state index is -0.488. The maximum absolute atomic E-state index is 13.9. The summed E-state index contributed by atoms with van der Waals surface area (Å²) in [6, 6.07) is 9.78. The van der Waals surface area contributed by atoms with E-state index in [1.54, 1.807) is 37.3 Å². The van der Waals surface area contributed by atoms with Gasteiger partial charge in [-0.2, -0.15) is 0 Å². The van der Waals surface area contributed by atoms with Gasteiger partial charge in [0.25, 0.3) is 5.24 Å². The molecule has 1 heterocycles. The lowest BCUT2D eigenvalue weighted by molar-refractivity contribution is -0.126. The van der Waals surface area contributed by atoms with E-state index in [-0.39, 0.29) is 23.6 Å². The van der Waals surface area contributed by atoms with Gasteiger partial charge >= 0.3 is 0 Å². The average molecular weight is 438 g/mol. The van der Waals surface area contributed by atoms with E-state index in [9.17, 15) is 14.0 Å². The summed E-state index contributed by atoms with van der Waals surface area (Å²) < 4.78 is 25.3. The molecule has 2 aromatic carbocycles. The molecule has 154 valence electrons. The summed E-state index contributed by atoms with van der Waals surface area (Å²) >= 11 is 7.44. The SMILES string of the molecule is CCOc1cc(C[C@@H]2SC(=O)N(CC)C2=O)cc(Cl)c1OCc1ccccc1F. The van der Waals surface area contributed by atoms with Gasteiger partial charge in [0.15, 0.2) is 11.5 Å². The Morgan fingerprint density at radius 3 is 2.59 bits per heavy atom. The Bertz CT molecular complexity index is 924. The first-order chi connectivity index (χ1) is 13.9. The molecule has 0 saturated carbocycles. The van der Waals surface area contributed by atoms with Crippen molar-refractivity contribution in [1.82, 2.24) is 4.90 Å². The van der Waals surface area contributed by atoms with Crippen LogP contribution in [0.5, 0.6) is 11.5 Å². The molecule has 0 radical (unpaired) electrons. The highest BCUT2D eigenvalue weighted by Crippen LogP contribution is 2.39. The van der Waals surface area contributed by atoms with E-state index in [4.69, 9.17) is 21.1 Å². The van der Waals surface area contributed by atoms with Gasteiger partial charge in [-0.1, -0.05) is 41.6 Å². The lowest BCUT2D eigenvalue weighted by Crippen LogP contribution is -2.31. The maximum atomic E-state index is 13.9. The minimum Gasteiger partial charge on any atom is -0.490 e. The smallest absolute Gasteiger partial charge is 0.289 e. The van der Waals surface area contributed by atoms with E-state index >= 15 is 0 Å². The second kappa shape index (κ2) is 9.50. The summed E-state index contributed by atoms with van der Waals surface area (Å²) in [5.74, 6) is 0.175. The van der Waals surface area contributed by atoms with Crippen molar-refractivity contribution in [2.45, 2.75) is 32.1 Å². The summed E-state index contributed by atoms with van der Waals surface area (Å²) in [7, 11) is 0. The quantitative estimate of drug-likeness (QED) is 0.576. The monoisotopic (exact) mass is 437 g/mol. The number of ether oxygens (including phenoxy) is 2. The summed E-state index contributed by atoms with van der Waals surface area (Å²) in [5, 5.41) is -0.418. The van der Waals surface area contributed by atoms with Crippen LogP contribution < -0.4 is 9.47 Å². The highest BCUT2D eigenvalue weighted by atomic mass is 35.5. The number of carbonyl (C=O) groups excluding carboxylic acids is 2. The number of amides is 2. The molecule has 5 nitrogen and oxygen atoms in total. The molecule has 0 aromatic heterocycles. The Hall–Kier alpha value is -2.25. The van der Waals surface area contributed by atoms with E-state index in [2.05, 4.69) is 0 Å². The molecule has 0 bridgehead atoms. The zero-order chi connectivity index (χ0) is 21.0. The van der Waals surface area contributed by atoms with Gasteiger partial charge in [-0.05, 0) is 44.0 Å². The van der Waals surface area contributed by atoms with Gasteiger partial charge < -0.3 is 9.47 Å². The van der Waals surface area contributed by atoms with Crippen LogP contribution in [0.1, 0.15) is 25.0 Å². The molecular formula is C21H21ClFNO4S. The molecule has 8 heteroatoms. The van der Waals surface area contributed by atoms with Crippen molar-refractivity contribution >= 4 is 34.5 Å². The average Bonchev–Trinajstić information content (AvgIpc) is 2.95. The molecule has 1 fully saturated rings. The molecule has 0 aliphatic carbocycles. The summed E-state index contributed by atoms with van der Waals surface area (Å²) in [5.41, 5.74) is 1.16. The van der Waals surface area contributed by atoms with E-state index in [1.807, 2.05) is 6.92 Å². The van der Waals surface area contributed by atoms with Crippen molar-refractivity contribution in [2.75, 3.05) is 13.2 Å². The molecular weight excluding hydrogens is 417 g/mol. The zero-order valence-corrected chi connectivity index (χ0v) is 17.7. The first-order valence-corrected chi connectivity index (χ1v) is 10.5. The number of carbonyl (C=O) groups is 2. The minimum absolute atomic E-state index is 0.00272. The van der Waals surface area contributed by atoms with Gasteiger partial charge in [-0.25, -0.2) is 4.39 Å². The fourth-order valence-corrected chi connectivity index (χ4v) is 4.42.